The van der Waals surface area contributed by atoms with Crippen LogP contribution in [0.2, 0.25) is 0 Å². The number of piperazine rings is 1. The molecule has 0 spiro atoms. The number of ether oxygens (including phenoxy) is 4. The molecule has 0 aromatic heterocycles. The summed E-state index contributed by atoms with van der Waals surface area (Å²) in [6, 6.07) is 13.2. The van der Waals surface area contributed by atoms with E-state index in [9.17, 15) is 4.79 Å². The van der Waals surface area contributed by atoms with Gasteiger partial charge >= 0.3 is 0 Å². The van der Waals surface area contributed by atoms with Crippen molar-refractivity contribution in [3.05, 3.63) is 53.6 Å². The van der Waals surface area contributed by atoms with Crippen molar-refractivity contribution in [2.45, 2.75) is 6.54 Å². The molecule has 30 heavy (non-hydrogen) atoms. The van der Waals surface area contributed by atoms with Gasteiger partial charge in [0.15, 0.2) is 0 Å². The van der Waals surface area contributed by atoms with Gasteiger partial charge in [-0.1, -0.05) is 6.07 Å². The molecule has 1 fully saturated rings. The minimum absolute atomic E-state index is 0.0332. The van der Waals surface area contributed by atoms with E-state index in [1.807, 2.05) is 41.3 Å². The lowest BCUT2D eigenvalue weighted by Gasteiger charge is -2.35. The third-order valence-electron chi connectivity index (χ3n) is 5.18. The van der Waals surface area contributed by atoms with E-state index in [1.54, 1.807) is 27.4 Å². The van der Waals surface area contributed by atoms with Crippen LogP contribution in [-0.2, 0) is 11.3 Å². The van der Waals surface area contributed by atoms with E-state index in [4.69, 9.17) is 18.9 Å². The minimum atomic E-state index is 0.0332. The van der Waals surface area contributed by atoms with Crippen LogP contribution in [0.3, 0.4) is 0 Å². The van der Waals surface area contributed by atoms with E-state index in [0.29, 0.717) is 37.6 Å². The lowest BCUT2D eigenvalue weighted by atomic mass is 10.1. The summed E-state index contributed by atoms with van der Waals surface area (Å²) in [5.74, 6) is 2.37. The number of methoxy groups -OCH3 is 3. The predicted octanol–water partition coefficient (Wildman–Crippen LogP) is 2.69. The second kappa shape index (κ2) is 10.8. The average Bonchev–Trinajstić information content (AvgIpc) is 2.79. The van der Waals surface area contributed by atoms with Crippen molar-refractivity contribution in [2.24, 2.45) is 0 Å². The first-order chi connectivity index (χ1) is 14.6. The maximum Gasteiger partial charge on any atom is 0.254 e. The topological polar surface area (TPSA) is 60.5 Å². The second-order valence-electron chi connectivity index (χ2n) is 7.12. The number of rotatable bonds is 9. The summed E-state index contributed by atoms with van der Waals surface area (Å²) in [7, 11) is 4.97. The Morgan fingerprint density at radius 3 is 2.40 bits per heavy atom. The van der Waals surface area contributed by atoms with Gasteiger partial charge in [0.1, 0.15) is 23.9 Å². The Morgan fingerprint density at radius 2 is 1.70 bits per heavy atom. The van der Waals surface area contributed by atoms with Crippen molar-refractivity contribution in [1.82, 2.24) is 9.80 Å². The normalized spacial score (nSPS) is 14.4. The second-order valence-corrected chi connectivity index (χ2v) is 7.12. The number of nitrogens with zero attached hydrogens (tertiary/aromatic N) is 2. The van der Waals surface area contributed by atoms with Gasteiger partial charge in [-0.15, -0.1) is 0 Å². The summed E-state index contributed by atoms with van der Waals surface area (Å²) in [5, 5.41) is 0. The zero-order valence-electron chi connectivity index (χ0n) is 17.9. The third-order valence-corrected chi connectivity index (χ3v) is 5.18. The maximum atomic E-state index is 12.9. The lowest BCUT2D eigenvalue weighted by Crippen LogP contribution is -2.48. The molecule has 0 atom stereocenters. The molecule has 7 heteroatoms. The molecular formula is C23H30N2O5. The number of hydrogen-bond acceptors (Lipinski definition) is 6. The molecule has 0 N–H and O–H groups in total. The Bertz CT molecular complexity index is 834. The van der Waals surface area contributed by atoms with E-state index in [-0.39, 0.29) is 5.91 Å². The first-order valence-corrected chi connectivity index (χ1v) is 10.1. The number of benzene rings is 2. The smallest absolute Gasteiger partial charge is 0.254 e. The van der Waals surface area contributed by atoms with Crippen LogP contribution in [-0.4, -0.2) is 76.4 Å². The maximum absolute atomic E-state index is 12.9. The molecule has 162 valence electrons. The van der Waals surface area contributed by atoms with Crippen molar-refractivity contribution in [2.75, 3.05) is 60.7 Å². The molecule has 0 bridgehead atoms. The highest BCUT2D eigenvalue weighted by molar-refractivity contribution is 5.94. The highest BCUT2D eigenvalue weighted by Crippen LogP contribution is 2.26. The first-order valence-electron chi connectivity index (χ1n) is 10.1. The quantitative estimate of drug-likeness (QED) is 0.588. The van der Waals surface area contributed by atoms with Crippen molar-refractivity contribution in [3.8, 4) is 17.2 Å². The predicted molar refractivity (Wildman–Crippen MR) is 115 cm³/mol. The van der Waals surface area contributed by atoms with Crippen molar-refractivity contribution >= 4 is 5.91 Å². The Balaban J connectivity index is 1.57. The fraction of sp³-hybridized carbons (Fsp3) is 0.435. The van der Waals surface area contributed by atoms with E-state index >= 15 is 0 Å². The molecular weight excluding hydrogens is 384 g/mol. The molecule has 2 aromatic carbocycles. The summed E-state index contributed by atoms with van der Waals surface area (Å²) in [4.78, 5) is 17.1. The minimum Gasteiger partial charge on any atom is -0.497 e. The van der Waals surface area contributed by atoms with Crippen LogP contribution in [0, 0.1) is 0 Å². The first kappa shape index (κ1) is 21.9. The monoisotopic (exact) mass is 414 g/mol. The highest BCUT2D eigenvalue weighted by Gasteiger charge is 2.23. The van der Waals surface area contributed by atoms with E-state index in [2.05, 4.69) is 4.90 Å². The van der Waals surface area contributed by atoms with Crippen LogP contribution in [0.5, 0.6) is 17.2 Å². The molecule has 3 rings (SSSR count). The van der Waals surface area contributed by atoms with Crippen LogP contribution in [0.4, 0.5) is 0 Å². The molecule has 1 saturated heterocycles. The summed E-state index contributed by atoms with van der Waals surface area (Å²) < 4.78 is 21.4. The molecule has 0 radical (unpaired) electrons. The average molecular weight is 415 g/mol. The summed E-state index contributed by atoms with van der Waals surface area (Å²) in [5.41, 5.74) is 1.73. The Morgan fingerprint density at radius 1 is 0.900 bits per heavy atom. The number of hydrogen-bond donors (Lipinski definition) is 0. The molecule has 7 nitrogen and oxygen atoms in total. The molecule has 0 unspecified atom stereocenters. The van der Waals surface area contributed by atoms with Crippen LogP contribution in [0.1, 0.15) is 15.9 Å². The van der Waals surface area contributed by atoms with Gasteiger partial charge in [0.2, 0.25) is 0 Å². The fourth-order valence-corrected chi connectivity index (χ4v) is 3.50. The van der Waals surface area contributed by atoms with Crippen molar-refractivity contribution < 1.29 is 23.7 Å². The van der Waals surface area contributed by atoms with Gasteiger partial charge in [-0.25, -0.2) is 0 Å². The zero-order chi connectivity index (χ0) is 21.3. The molecule has 1 aliphatic heterocycles. The Kier molecular flexibility index (Phi) is 7.93. The van der Waals surface area contributed by atoms with Crippen LogP contribution in [0.15, 0.2) is 42.5 Å². The van der Waals surface area contributed by atoms with E-state index < -0.39 is 0 Å². The third kappa shape index (κ3) is 5.64. The van der Waals surface area contributed by atoms with Crippen LogP contribution >= 0.6 is 0 Å². The number of carbonyl (C=O) groups excluding carboxylic acids is 1. The fourth-order valence-electron chi connectivity index (χ4n) is 3.50. The molecule has 1 aliphatic rings. The van der Waals surface area contributed by atoms with Gasteiger partial charge < -0.3 is 23.8 Å². The van der Waals surface area contributed by atoms with E-state index in [1.165, 1.54) is 0 Å². The van der Waals surface area contributed by atoms with Gasteiger partial charge in [0.25, 0.3) is 5.91 Å². The van der Waals surface area contributed by atoms with E-state index in [0.717, 1.165) is 36.7 Å². The van der Waals surface area contributed by atoms with Gasteiger partial charge in [0, 0.05) is 51.0 Å². The highest BCUT2D eigenvalue weighted by atomic mass is 16.5. The molecule has 0 aliphatic carbocycles. The Labute approximate surface area is 178 Å². The summed E-state index contributed by atoms with van der Waals surface area (Å²) >= 11 is 0. The SMILES string of the molecule is COCCOc1cccc(C(=O)N2CCN(Cc3cc(OC)ccc3OC)CC2)c1. The molecule has 2 aromatic rings. The van der Waals surface area contributed by atoms with Gasteiger partial charge in [-0.3, -0.25) is 9.69 Å². The number of carbonyl (C=O) groups is 1. The van der Waals surface area contributed by atoms with Crippen molar-refractivity contribution in [1.29, 1.82) is 0 Å². The van der Waals surface area contributed by atoms with Crippen LogP contribution < -0.4 is 14.2 Å². The van der Waals surface area contributed by atoms with Gasteiger partial charge in [0.05, 0.1) is 20.8 Å². The molecule has 1 heterocycles. The Hall–Kier alpha value is -2.77. The van der Waals surface area contributed by atoms with Crippen molar-refractivity contribution in [3.63, 3.8) is 0 Å². The zero-order valence-corrected chi connectivity index (χ0v) is 17.9. The molecule has 0 saturated carbocycles. The largest absolute Gasteiger partial charge is 0.497 e. The standard InChI is InChI=1S/C23H30N2O5/c1-27-13-14-30-21-6-4-5-18(15-21)23(26)25-11-9-24(10-12-25)17-19-16-20(28-2)7-8-22(19)29-3/h4-8,15-16H,9-14,17H2,1-3H3. The molecule has 1 amide bonds. The number of amides is 1. The van der Waals surface area contributed by atoms with Gasteiger partial charge in [-0.05, 0) is 36.4 Å². The van der Waals surface area contributed by atoms with Crippen LogP contribution in [0.25, 0.3) is 0 Å². The summed E-state index contributed by atoms with van der Waals surface area (Å²) in [6.45, 7) is 4.69. The van der Waals surface area contributed by atoms with Gasteiger partial charge in [-0.2, -0.15) is 0 Å². The summed E-state index contributed by atoms with van der Waals surface area (Å²) in [6.07, 6.45) is 0. The lowest BCUT2D eigenvalue weighted by molar-refractivity contribution is 0.0627.